The first-order chi connectivity index (χ1) is 7.06. The summed E-state index contributed by atoms with van der Waals surface area (Å²) in [6, 6.07) is 0. The molecule has 0 saturated heterocycles. The molecule has 1 N–H and O–H groups in total. The van der Waals surface area contributed by atoms with Gasteiger partial charge in [-0.25, -0.2) is 8.78 Å². The molecular formula is C9H14ClF2N3. The molecule has 3 nitrogen and oxygen atoms in total. The molecule has 0 atom stereocenters. The van der Waals surface area contributed by atoms with Crippen LogP contribution < -0.4 is 5.32 Å². The van der Waals surface area contributed by atoms with Crippen molar-refractivity contribution in [2.24, 2.45) is 0 Å². The lowest BCUT2D eigenvalue weighted by Crippen LogP contribution is -2.22. The fraction of sp³-hybridized carbons (Fsp3) is 0.667. The summed E-state index contributed by atoms with van der Waals surface area (Å²) in [7, 11) is 0. The molecule has 0 fully saturated rings. The van der Waals surface area contributed by atoms with Gasteiger partial charge in [0.1, 0.15) is 0 Å². The standard InChI is InChI=1S/C9H14ClF2N3/c1-3-15-7(4-13-5-8(11)12)9(10)6(2)14-15/h8,13H,3-5H2,1-2H3. The Morgan fingerprint density at radius 2 is 2.20 bits per heavy atom. The number of nitrogens with one attached hydrogen (secondary N) is 1. The summed E-state index contributed by atoms with van der Waals surface area (Å²) < 4.78 is 25.5. The first-order valence-corrected chi connectivity index (χ1v) is 5.14. The molecule has 0 unspecified atom stereocenters. The van der Waals surface area contributed by atoms with Crippen LogP contribution in [0.2, 0.25) is 5.02 Å². The molecule has 0 aromatic carbocycles. The van der Waals surface area contributed by atoms with Gasteiger partial charge in [-0.3, -0.25) is 4.68 Å². The van der Waals surface area contributed by atoms with Crippen LogP contribution in [0.15, 0.2) is 0 Å². The van der Waals surface area contributed by atoms with Crippen molar-refractivity contribution in [1.82, 2.24) is 15.1 Å². The van der Waals surface area contributed by atoms with E-state index in [1.165, 1.54) is 0 Å². The maximum Gasteiger partial charge on any atom is 0.250 e. The van der Waals surface area contributed by atoms with Crippen LogP contribution in [-0.4, -0.2) is 22.8 Å². The SMILES string of the molecule is CCn1nc(C)c(Cl)c1CNCC(F)F. The van der Waals surface area contributed by atoms with Crippen molar-refractivity contribution in [3.05, 3.63) is 16.4 Å². The molecule has 0 radical (unpaired) electrons. The summed E-state index contributed by atoms with van der Waals surface area (Å²) in [4.78, 5) is 0. The molecule has 0 aliphatic rings. The van der Waals surface area contributed by atoms with E-state index in [0.29, 0.717) is 18.1 Å². The highest BCUT2D eigenvalue weighted by molar-refractivity contribution is 6.31. The van der Waals surface area contributed by atoms with Gasteiger partial charge in [-0.05, 0) is 13.8 Å². The topological polar surface area (TPSA) is 29.9 Å². The molecule has 0 spiro atoms. The van der Waals surface area contributed by atoms with Gasteiger partial charge in [0.15, 0.2) is 0 Å². The Morgan fingerprint density at radius 1 is 1.53 bits per heavy atom. The summed E-state index contributed by atoms with van der Waals surface area (Å²) in [5.74, 6) is 0. The zero-order valence-electron chi connectivity index (χ0n) is 8.73. The molecule has 0 amide bonds. The number of hydrogen-bond acceptors (Lipinski definition) is 2. The number of halogens is 3. The van der Waals surface area contributed by atoms with Gasteiger partial charge in [0.25, 0.3) is 6.43 Å². The number of nitrogens with zero attached hydrogens (tertiary/aromatic N) is 2. The van der Waals surface area contributed by atoms with Crippen molar-refractivity contribution in [3.63, 3.8) is 0 Å². The van der Waals surface area contributed by atoms with Gasteiger partial charge in [0.2, 0.25) is 0 Å². The van der Waals surface area contributed by atoms with Crippen molar-refractivity contribution >= 4 is 11.6 Å². The van der Waals surface area contributed by atoms with Gasteiger partial charge in [0, 0.05) is 13.1 Å². The number of aryl methyl sites for hydroxylation is 2. The molecule has 1 heterocycles. The Kier molecular flexibility index (Phi) is 4.47. The zero-order chi connectivity index (χ0) is 11.4. The van der Waals surface area contributed by atoms with Crippen LogP contribution >= 0.6 is 11.6 Å². The Hall–Kier alpha value is -0.680. The molecule has 15 heavy (non-hydrogen) atoms. The van der Waals surface area contributed by atoms with E-state index in [4.69, 9.17) is 11.6 Å². The highest BCUT2D eigenvalue weighted by atomic mass is 35.5. The average Bonchev–Trinajstić information content (AvgIpc) is 2.44. The van der Waals surface area contributed by atoms with E-state index in [2.05, 4.69) is 10.4 Å². The molecule has 6 heteroatoms. The number of aromatic nitrogens is 2. The quantitative estimate of drug-likeness (QED) is 0.851. The third-order valence-electron chi connectivity index (χ3n) is 2.04. The second-order valence-electron chi connectivity index (χ2n) is 3.18. The van der Waals surface area contributed by atoms with Crippen LogP contribution in [0.4, 0.5) is 8.78 Å². The number of rotatable bonds is 5. The van der Waals surface area contributed by atoms with Gasteiger partial charge in [-0.2, -0.15) is 5.10 Å². The molecule has 1 aromatic rings. The normalized spacial score (nSPS) is 11.3. The zero-order valence-corrected chi connectivity index (χ0v) is 9.48. The van der Waals surface area contributed by atoms with Crippen molar-refractivity contribution in [1.29, 1.82) is 0 Å². The van der Waals surface area contributed by atoms with Gasteiger partial charge in [0.05, 0.1) is 23.0 Å². The highest BCUT2D eigenvalue weighted by Crippen LogP contribution is 2.19. The molecule has 0 saturated carbocycles. The molecule has 1 rings (SSSR count). The molecule has 86 valence electrons. The van der Waals surface area contributed by atoms with Gasteiger partial charge >= 0.3 is 0 Å². The van der Waals surface area contributed by atoms with E-state index >= 15 is 0 Å². The molecule has 0 aliphatic heterocycles. The lowest BCUT2D eigenvalue weighted by atomic mass is 10.3. The fourth-order valence-corrected chi connectivity index (χ4v) is 1.54. The number of alkyl halides is 2. The highest BCUT2D eigenvalue weighted by Gasteiger charge is 2.12. The van der Waals surface area contributed by atoms with E-state index in [-0.39, 0.29) is 6.54 Å². The van der Waals surface area contributed by atoms with E-state index in [1.54, 1.807) is 11.6 Å². The lowest BCUT2D eigenvalue weighted by Gasteiger charge is -2.06. The predicted octanol–water partition coefficient (Wildman–Crippen LogP) is 2.22. The third kappa shape index (κ3) is 3.14. The summed E-state index contributed by atoms with van der Waals surface area (Å²) in [6.07, 6.45) is -2.34. The predicted molar refractivity (Wildman–Crippen MR) is 55.4 cm³/mol. The maximum atomic E-state index is 11.9. The van der Waals surface area contributed by atoms with Crippen molar-refractivity contribution in [3.8, 4) is 0 Å². The van der Waals surface area contributed by atoms with Crippen LogP contribution in [0.25, 0.3) is 0 Å². The Balaban J connectivity index is 2.66. The second-order valence-corrected chi connectivity index (χ2v) is 3.56. The maximum absolute atomic E-state index is 11.9. The molecular weight excluding hydrogens is 224 g/mol. The summed E-state index contributed by atoms with van der Waals surface area (Å²) >= 11 is 6.00. The van der Waals surface area contributed by atoms with Crippen molar-refractivity contribution in [2.45, 2.75) is 33.4 Å². The largest absolute Gasteiger partial charge is 0.306 e. The summed E-state index contributed by atoms with van der Waals surface area (Å²) in [5, 5.41) is 7.37. The van der Waals surface area contributed by atoms with E-state index < -0.39 is 6.43 Å². The Bertz CT molecular complexity index is 325. The van der Waals surface area contributed by atoms with Crippen molar-refractivity contribution in [2.75, 3.05) is 6.54 Å². The minimum absolute atomic E-state index is 0.317. The van der Waals surface area contributed by atoms with Crippen molar-refractivity contribution < 1.29 is 8.78 Å². The first-order valence-electron chi connectivity index (χ1n) is 4.76. The Labute approximate surface area is 92.4 Å². The van der Waals surface area contributed by atoms with E-state index in [9.17, 15) is 8.78 Å². The third-order valence-corrected chi connectivity index (χ3v) is 2.54. The smallest absolute Gasteiger partial charge is 0.250 e. The minimum Gasteiger partial charge on any atom is -0.306 e. The van der Waals surface area contributed by atoms with Gasteiger partial charge in [-0.15, -0.1) is 0 Å². The van der Waals surface area contributed by atoms with Crippen LogP contribution in [0, 0.1) is 6.92 Å². The molecule has 0 bridgehead atoms. The molecule has 0 aliphatic carbocycles. The second kappa shape index (κ2) is 5.42. The lowest BCUT2D eigenvalue weighted by molar-refractivity contribution is 0.145. The first kappa shape index (κ1) is 12.4. The van der Waals surface area contributed by atoms with E-state index in [0.717, 1.165) is 11.4 Å². The van der Waals surface area contributed by atoms with Gasteiger partial charge < -0.3 is 5.32 Å². The monoisotopic (exact) mass is 237 g/mol. The van der Waals surface area contributed by atoms with Crippen LogP contribution in [0.1, 0.15) is 18.3 Å². The minimum atomic E-state index is -2.34. The fourth-order valence-electron chi connectivity index (χ4n) is 1.34. The number of hydrogen-bond donors (Lipinski definition) is 1. The van der Waals surface area contributed by atoms with Crippen LogP contribution in [0.3, 0.4) is 0 Å². The van der Waals surface area contributed by atoms with Crippen LogP contribution in [0.5, 0.6) is 0 Å². The summed E-state index contributed by atoms with van der Waals surface area (Å²) in [5.41, 5.74) is 1.49. The van der Waals surface area contributed by atoms with Gasteiger partial charge in [-0.1, -0.05) is 11.6 Å². The average molecular weight is 238 g/mol. The summed E-state index contributed by atoms with van der Waals surface area (Å²) in [6.45, 7) is 4.39. The van der Waals surface area contributed by atoms with Crippen LogP contribution in [-0.2, 0) is 13.1 Å². The van der Waals surface area contributed by atoms with E-state index in [1.807, 2.05) is 6.92 Å². The Morgan fingerprint density at radius 3 is 2.73 bits per heavy atom. The molecule has 1 aromatic heterocycles.